The number of benzene rings is 1. The van der Waals surface area contributed by atoms with Crippen molar-refractivity contribution >= 4 is 23.3 Å². The Kier molecular flexibility index (Phi) is 9.55. The lowest BCUT2D eigenvalue weighted by atomic mass is 10.1. The molecule has 0 radical (unpaired) electrons. The minimum atomic E-state index is -0.216. The largest absolute Gasteiger partial charge is 0.469 e. The number of methoxy groups -OCH3 is 1. The van der Waals surface area contributed by atoms with Gasteiger partial charge < -0.3 is 9.64 Å². The molecule has 0 atom stereocenters. The van der Waals surface area contributed by atoms with Crippen LogP contribution in [0.15, 0.2) is 28.4 Å². The van der Waals surface area contributed by atoms with Crippen molar-refractivity contribution < 1.29 is 9.53 Å². The molecule has 0 saturated heterocycles. The standard InChI is InChI=1S/C23H26N8O2/c1-4-5-11-30(12-6-7-22(32)33-3)18-8-9-19(17(2)14-18)28-29-23-27-20(15-25)21(16-26)31(23)13-10-24/h8-9,14H,4-7,11-13H2,1-3H3. The molecule has 0 aliphatic rings. The van der Waals surface area contributed by atoms with E-state index in [4.69, 9.17) is 10.00 Å². The summed E-state index contributed by atoms with van der Waals surface area (Å²) in [6.07, 6.45) is 3.16. The van der Waals surface area contributed by atoms with Gasteiger partial charge >= 0.3 is 5.97 Å². The van der Waals surface area contributed by atoms with Crippen molar-refractivity contribution in [2.45, 2.75) is 46.1 Å². The number of nitrogens with zero attached hydrogens (tertiary/aromatic N) is 8. The zero-order valence-electron chi connectivity index (χ0n) is 19.1. The third kappa shape index (κ3) is 6.62. The Bertz CT molecular complexity index is 1130. The second-order valence-electron chi connectivity index (χ2n) is 7.27. The average Bonchev–Trinajstić information content (AvgIpc) is 3.16. The molecule has 0 fully saturated rings. The summed E-state index contributed by atoms with van der Waals surface area (Å²) in [6, 6.07) is 11.4. The Morgan fingerprint density at radius 2 is 1.94 bits per heavy atom. The van der Waals surface area contributed by atoms with Gasteiger partial charge in [0.15, 0.2) is 11.4 Å². The van der Waals surface area contributed by atoms with Crippen molar-refractivity contribution in [1.82, 2.24) is 9.55 Å². The first-order valence-electron chi connectivity index (χ1n) is 10.6. The smallest absolute Gasteiger partial charge is 0.305 e. The molecule has 0 saturated carbocycles. The van der Waals surface area contributed by atoms with E-state index in [0.717, 1.165) is 37.2 Å². The Balaban J connectivity index is 2.26. The summed E-state index contributed by atoms with van der Waals surface area (Å²) in [5.41, 5.74) is 2.40. The number of aryl methyl sites for hydroxylation is 1. The summed E-state index contributed by atoms with van der Waals surface area (Å²) in [7, 11) is 1.39. The number of azo groups is 1. The number of carbonyl (C=O) groups excluding carboxylic acids is 1. The molecule has 0 N–H and O–H groups in total. The van der Waals surface area contributed by atoms with Gasteiger partial charge in [-0.3, -0.25) is 9.36 Å². The number of imidazole rings is 1. The highest BCUT2D eigenvalue weighted by Crippen LogP contribution is 2.28. The predicted molar refractivity (Wildman–Crippen MR) is 121 cm³/mol. The Morgan fingerprint density at radius 3 is 2.55 bits per heavy atom. The number of ether oxygens (including phenoxy) is 1. The molecule has 1 aromatic carbocycles. The van der Waals surface area contributed by atoms with Crippen LogP contribution in [0.25, 0.3) is 0 Å². The molecule has 0 aliphatic carbocycles. The normalized spacial score (nSPS) is 10.4. The maximum atomic E-state index is 11.4. The summed E-state index contributed by atoms with van der Waals surface area (Å²) in [5.74, 6) is -0.188. The topological polar surface area (TPSA) is 143 Å². The van der Waals surface area contributed by atoms with Gasteiger partial charge in [0.05, 0.1) is 18.9 Å². The van der Waals surface area contributed by atoms with E-state index in [-0.39, 0.29) is 29.9 Å². The Labute approximate surface area is 193 Å². The molecular weight excluding hydrogens is 420 g/mol. The van der Waals surface area contributed by atoms with Crippen molar-refractivity contribution in [3.8, 4) is 18.2 Å². The molecule has 0 amide bonds. The zero-order valence-corrected chi connectivity index (χ0v) is 19.1. The predicted octanol–water partition coefficient (Wildman–Crippen LogP) is 4.43. The second kappa shape index (κ2) is 12.6. The highest BCUT2D eigenvalue weighted by atomic mass is 16.5. The van der Waals surface area contributed by atoms with Gasteiger partial charge in [-0.25, -0.2) is 0 Å². The molecular formula is C23H26N8O2. The SMILES string of the molecule is CCCCN(CCCC(=O)OC)c1ccc(N=Nc2nc(C#N)c(C#N)n2CC#N)c(C)c1. The van der Waals surface area contributed by atoms with Crippen molar-refractivity contribution in [3.05, 3.63) is 35.2 Å². The van der Waals surface area contributed by atoms with Gasteiger partial charge in [-0.05, 0) is 43.5 Å². The van der Waals surface area contributed by atoms with Crippen LogP contribution in [0.1, 0.15) is 49.6 Å². The highest BCUT2D eigenvalue weighted by molar-refractivity contribution is 5.69. The summed E-state index contributed by atoms with van der Waals surface area (Å²) in [6.45, 7) is 5.48. The average molecular weight is 447 g/mol. The number of carbonyl (C=O) groups is 1. The molecule has 2 rings (SSSR count). The van der Waals surface area contributed by atoms with E-state index in [9.17, 15) is 15.3 Å². The molecule has 33 heavy (non-hydrogen) atoms. The van der Waals surface area contributed by atoms with Crippen LogP contribution in [0.3, 0.4) is 0 Å². The van der Waals surface area contributed by atoms with Crippen LogP contribution in [0.5, 0.6) is 0 Å². The third-order valence-corrected chi connectivity index (χ3v) is 5.00. The fourth-order valence-corrected chi connectivity index (χ4v) is 3.21. The minimum absolute atomic E-state index is 0.0152. The van der Waals surface area contributed by atoms with Crippen molar-refractivity contribution in [2.24, 2.45) is 10.2 Å². The van der Waals surface area contributed by atoms with Crippen LogP contribution in [0.4, 0.5) is 17.3 Å². The Morgan fingerprint density at radius 1 is 1.18 bits per heavy atom. The van der Waals surface area contributed by atoms with Crippen LogP contribution in [-0.2, 0) is 16.1 Å². The first-order valence-corrected chi connectivity index (χ1v) is 10.6. The quantitative estimate of drug-likeness (QED) is 0.367. The fourth-order valence-electron chi connectivity index (χ4n) is 3.21. The number of hydrogen-bond donors (Lipinski definition) is 0. The Hall–Kier alpha value is -4.23. The van der Waals surface area contributed by atoms with Gasteiger partial charge in [0.25, 0.3) is 5.95 Å². The lowest BCUT2D eigenvalue weighted by Gasteiger charge is -2.25. The molecule has 1 heterocycles. The van der Waals surface area contributed by atoms with E-state index in [1.165, 1.54) is 11.7 Å². The van der Waals surface area contributed by atoms with Crippen molar-refractivity contribution in [1.29, 1.82) is 15.8 Å². The second-order valence-corrected chi connectivity index (χ2v) is 7.27. The van der Waals surface area contributed by atoms with E-state index in [0.29, 0.717) is 18.5 Å². The zero-order chi connectivity index (χ0) is 24.2. The van der Waals surface area contributed by atoms with Crippen LogP contribution in [-0.4, -0.2) is 35.7 Å². The molecule has 0 spiro atoms. The van der Waals surface area contributed by atoms with Gasteiger partial charge in [-0.1, -0.05) is 13.3 Å². The van der Waals surface area contributed by atoms with Crippen LogP contribution in [0, 0.1) is 40.9 Å². The molecule has 0 unspecified atom stereocenters. The van der Waals surface area contributed by atoms with Crippen molar-refractivity contribution in [3.63, 3.8) is 0 Å². The van der Waals surface area contributed by atoms with E-state index in [2.05, 4.69) is 27.0 Å². The summed E-state index contributed by atoms with van der Waals surface area (Å²) in [4.78, 5) is 17.7. The number of hydrogen-bond acceptors (Lipinski definition) is 9. The van der Waals surface area contributed by atoms with E-state index >= 15 is 0 Å². The molecule has 10 heteroatoms. The van der Waals surface area contributed by atoms with Crippen LogP contribution >= 0.6 is 0 Å². The van der Waals surface area contributed by atoms with E-state index in [1.807, 2.05) is 43.3 Å². The molecule has 0 aliphatic heterocycles. The van der Waals surface area contributed by atoms with Crippen LogP contribution < -0.4 is 4.90 Å². The third-order valence-electron chi connectivity index (χ3n) is 5.00. The maximum absolute atomic E-state index is 11.4. The molecule has 170 valence electrons. The maximum Gasteiger partial charge on any atom is 0.305 e. The lowest BCUT2D eigenvalue weighted by Crippen LogP contribution is -2.26. The number of esters is 1. The fraction of sp³-hybridized carbons (Fsp3) is 0.435. The first-order chi connectivity index (χ1) is 16.0. The van der Waals surface area contributed by atoms with Gasteiger partial charge in [-0.15, -0.1) is 10.2 Å². The van der Waals surface area contributed by atoms with E-state index in [1.54, 1.807) is 0 Å². The number of rotatable bonds is 11. The summed E-state index contributed by atoms with van der Waals surface area (Å²) >= 11 is 0. The lowest BCUT2D eigenvalue weighted by molar-refractivity contribution is -0.140. The summed E-state index contributed by atoms with van der Waals surface area (Å²) in [5, 5.41) is 35.8. The monoisotopic (exact) mass is 446 g/mol. The molecule has 10 nitrogen and oxygen atoms in total. The number of nitriles is 3. The van der Waals surface area contributed by atoms with Crippen LogP contribution in [0.2, 0.25) is 0 Å². The minimum Gasteiger partial charge on any atom is -0.469 e. The molecule has 2 aromatic rings. The summed E-state index contributed by atoms with van der Waals surface area (Å²) < 4.78 is 5.99. The van der Waals surface area contributed by atoms with Gasteiger partial charge in [0.1, 0.15) is 18.7 Å². The van der Waals surface area contributed by atoms with Gasteiger partial charge in [0.2, 0.25) is 0 Å². The number of anilines is 1. The highest BCUT2D eigenvalue weighted by Gasteiger charge is 2.17. The van der Waals surface area contributed by atoms with Gasteiger partial charge in [-0.2, -0.15) is 20.8 Å². The number of aromatic nitrogens is 2. The van der Waals surface area contributed by atoms with Gasteiger partial charge in [0, 0.05) is 25.2 Å². The number of unbranched alkanes of at least 4 members (excludes halogenated alkanes) is 1. The van der Waals surface area contributed by atoms with Crippen molar-refractivity contribution in [2.75, 3.05) is 25.1 Å². The molecule has 1 aromatic heterocycles. The van der Waals surface area contributed by atoms with E-state index < -0.39 is 0 Å². The first kappa shape index (κ1) is 25.0. The molecule has 0 bridgehead atoms.